The zero-order valence-corrected chi connectivity index (χ0v) is 11.7. The number of carbonyl (C=O) groups excluding carboxylic acids is 1. The molecule has 1 heterocycles. The van der Waals surface area contributed by atoms with Crippen LogP contribution in [0.2, 0.25) is 0 Å². The molecule has 1 aliphatic heterocycles. The van der Waals surface area contributed by atoms with E-state index >= 15 is 0 Å². The molecule has 0 spiro atoms. The van der Waals surface area contributed by atoms with Gasteiger partial charge in [0.25, 0.3) is 0 Å². The third-order valence-corrected chi connectivity index (χ3v) is 3.61. The summed E-state index contributed by atoms with van der Waals surface area (Å²) in [5.74, 6) is 0.0732. The van der Waals surface area contributed by atoms with Gasteiger partial charge in [0.15, 0.2) is 0 Å². The number of halogens is 3. The fraction of sp³-hybridized carbons (Fsp3) is 0.533. The van der Waals surface area contributed by atoms with E-state index in [-0.39, 0.29) is 18.0 Å². The number of nitrogens with one attached hydrogen (secondary N) is 1. The largest absolute Gasteiger partial charge is 0.416 e. The molecule has 0 saturated carbocycles. The Kier molecular flexibility index (Phi) is 5.22. The molecule has 1 aromatic rings. The lowest BCUT2D eigenvalue weighted by atomic mass is 10.1. The average molecular weight is 300 g/mol. The van der Waals surface area contributed by atoms with Crippen LogP contribution in [0.3, 0.4) is 0 Å². The number of nitrogens with zero attached hydrogens (tertiary/aromatic N) is 1. The molecule has 1 saturated heterocycles. The van der Waals surface area contributed by atoms with Gasteiger partial charge in [0.05, 0.1) is 5.56 Å². The lowest BCUT2D eigenvalue weighted by Gasteiger charge is -2.16. The van der Waals surface area contributed by atoms with Crippen LogP contribution in [-0.4, -0.2) is 30.4 Å². The minimum atomic E-state index is -4.34. The molecule has 116 valence electrons. The molecule has 6 heteroatoms. The van der Waals surface area contributed by atoms with Crippen LogP contribution in [0.1, 0.15) is 30.4 Å². The van der Waals surface area contributed by atoms with Crippen LogP contribution in [0.4, 0.5) is 13.2 Å². The zero-order chi connectivity index (χ0) is 15.3. The van der Waals surface area contributed by atoms with E-state index in [4.69, 9.17) is 0 Å². The molecule has 1 aromatic carbocycles. The van der Waals surface area contributed by atoms with Gasteiger partial charge in [0.1, 0.15) is 0 Å². The fourth-order valence-corrected chi connectivity index (χ4v) is 2.49. The van der Waals surface area contributed by atoms with Crippen LogP contribution in [0.25, 0.3) is 0 Å². The highest BCUT2D eigenvalue weighted by Crippen LogP contribution is 2.31. The second-order valence-electron chi connectivity index (χ2n) is 5.17. The highest BCUT2D eigenvalue weighted by Gasteiger charge is 2.32. The summed E-state index contributed by atoms with van der Waals surface area (Å²) in [6.07, 6.45) is -1.94. The van der Waals surface area contributed by atoms with Crippen molar-refractivity contribution in [3.05, 3.63) is 35.4 Å². The van der Waals surface area contributed by atoms with Crippen molar-refractivity contribution < 1.29 is 18.0 Å². The molecule has 2 rings (SSSR count). The normalized spacial score (nSPS) is 15.5. The smallest absolute Gasteiger partial charge is 0.343 e. The molecule has 0 atom stereocenters. The van der Waals surface area contributed by atoms with Gasteiger partial charge in [0.2, 0.25) is 5.91 Å². The lowest BCUT2D eigenvalue weighted by Crippen LogP contribution is -2.30. The molecular weight excluding hydrogens is 281 g/mol. The highest BCUT2D eigenvalue weighted by atomic mass is 19.4. The number of likely N-dealkylation sites (tertiary alicyclic amines) is 1. The molecule has 1 aliphatic rings. The maximum Gasteiger partial charge on any atom is 0.416 e. The van der Waals surface area contributed by atoms with E-state index in [0.29, 0.717) is 13.0 Å². The molecule has 0 aliphatic carbocycles. The minimum Gasteiger partial charge on any atom is -0.343 e. The van der Waals surface area contributed by atoms with Gasteiger partial charge in [0, 0.05) is 32.6 Å². The van der Waals surface area contributed by atoms with E-state index in [1.54, 1.807) is 6.07 Å². The molecule has 1 N–H and O–H groups in total. The number of rotatable bonds is 5. The molecule has 3 nitrogen and oxygen atoms in total. The Morgan fingerprint density at radius 3 is 2.52 bits per heavy atom. The molecule has 21 heavy (non-hydrogen) atoms. The first-order chi connectivity index (χ1) is 9.98. The number of benzene rings is 1. The number of carbonyl (C=O) groups is 1. The number of amides is 1. The summed E-state index contributed by atoms with van der Waals surface area (Å²) in [7, 11) is 0. The first-order valence-corrected chi connectivity index (χ1v) is 7.12. The Labute approximate surface area is 122 Å². The average Bonchev–Trinajstić information content (AvgIpc) is 2.97. The van der Waals surface area contributed by atoms with Gasteiger partial charge in [-0.05, 0) is 24.5 Å². The molecule has 0 radical (unpaired) electrons. The van der Waals surface area contributed by atoms with Crippen LogP contribution in [0, 0.1) is 0 Å². The van der Waals surface area contributed by atoms with Gasteiger partial charge in [-0.25, -0.2) is 0 Å². The van der Waals surface area contributed by atoms with Crippen LogP contribution < -0.4 is 5.32 Å². The molecule has 1 amide bonds. The number of hydrogen-bond donors (Lipinski definition) is 1. The van der Waals surface area contributed by atoms with Crippen molar-refractivity contribution >= 4 is 5.91 Å². The SMILES string of the molecule is O=C(CCNCc1ccccc1C(F)(F)F)N1CCCC1. The minimum absolute atomic E-state index is 0.0732. The van der Waals surface area contributed by atoms with Crippen molar-refractivity contribution in [3.63, 3.8) is 0 Å². The van der Waals surface area contributed by atoms with Crippen LogP contribution >= 0.6 is 0 Å². The first kappa shape index (κ1) is 15.8. The third-order valence-electron chi connectivity index (χ3n) is 3.61. The summed E-state index contributed by atoms with van der Waals surface area (Å²) in [6.45, 7) is 2.11. The topological polar surface area (TPSA) is 32.3 Å². The Morgan fingerprint density at radius 2 is 1.86 bits per heavy atom. The van der Waals surface area contributed by atoms with Crippen molar-refractivity contribution in [3.8, 4) is 0 Å². The maximum atomic E-state index is 12.8. The Bertz CT molecular complexity index is 482. The molecule has 0 bridgehead atoms. The van der Waals surface area contributed by atoms with Gasteiger partial charge < -0.3 is 10.2 Å². The Balaban J connectivity index is 1.80. The van der Waals surface area contributed by atoms with E-state index in [2.05, 4.69) is 5.32 Å². The summed E-state index contributed by atoms with van der Waals surface area (Å²) < 4.78 is 38.4. The number of hydrogen-bond acceptors (Lipinski definition) is 2. The lowest BCUT2D eigenvalue weighted by molar-refractivity contribution is -0.138. The zero-order valence-electron chi connectivity index (χ0n) is 11.7. The molecule has 1 fully saturated rings. The predicted octanol–water partition coefficient (Wildman–Crippen LogP) is 2.81. The Morgan fingerprint density at radius 1 is 1.19 bits per heavy atom. The quantitative estimate of drug-likeness (QED) is 0.848. The van der Waals surface area contributed by atoms with Gasteiger partial charge >= 0.3 is 6.18 Å². The van der Waals surface area contributed by atoms with Crippen LogP contribution in [-0.2, 0) is 17.5 Å². The highest BCUT2D eigenvalue weighted by molar-refractivity contribution is 5.76. The van der Waals surface area contributed by atoms with Gasteiger partial charge in [-0.1, -0.05) is 18.2 Å². The second kappa shape index (κ2) is 6.93. The van der Waals surface area contributed by atoms with E-state index in [0.717, 1.165) is 32.0 Å². The summed E-state index contributed by atoms with van der Waals surface area (Å²) in [6, 6.07) is 5.50. The molecular formula is C15H19F3N2O. The standard InChI is InChI=1S/C15H19F3N2O/c16-15(17,18)13-6-2-1-5-12(13)11-19-8-7-14(21)20-9-3-4-10-20/h1-2,5-6,19H,3-4,7-11H2. The van der Waals surface area contributed by atoms with Crippen molar-refractivity contribution in [2.24, 2.45) is 0 Å². The van der Waals surface area contributed by atoms with Gasteiger partial charge in [-0.3, -0.25) is 4.79 Å². The maximum absolute atomic E-state index is 12.8. The molecule has 0 aromatic heterocycles. The fourth-order valence-electron chi connectivity index (χ4n) is 2.49. The Hall–Kier alpha value is -1.56. The summed E-state index contributed by atoms with van der Waals surface area (Å²) in [4.78, 5) is 13.6. The van der Waals surface area contributed by atoms with Crippen molar-refractivity contribution in [1.29, 1.82) is 0 Å². The first-order valence-electron chi connectivity index (χ1n) is 7.12. The van der Waals surface area contributed by atoms with Gasteiger partial charge in [-0.15, -0.1) is 0 Å². The van der Waals surface area contributed by atoms with E-state index in [1.165, 1.54) is 12.1 Å². The van der Waals surface area contributed by atoms with Gasteiger partial charge in [-0.2, -0.15) is 13.2 Å². The predicted molar refractivity (Wildman–Crippen MR) is 73.6 cm³/mol. The van der Waals surface area contributed by atoms with E-state index in [1.807, 2.05) is 4.90 Å². The summed E-state index contributed by atoms with van der Waals surface area (Å²) in [5, 5.41) is 2.92. The number of alkyl halides is 3. The molecule has 0 unspecified atom stereocenters. The second-order valence-corrected chi connectivity index (χ2v) is 5.17. The van der Waals surface area contributed by atoms with Crippen LogP contribution in [0.15, 0.2) is 24.3 Å². The van der Waals surface area contributed by atoms with E-state index in [9.17, 15) is 18.0 Å². The van der Waals surface area contributed by atoms with Crippen LogP contribution in [0.5, 0.6) is 0 Å². The van der Waals surface area contributed by atoms with Crippen molar-refractivity contribution in [1.82, 2.24) is 10.2 Å². The van der Waals surface area contributed by atoms with Crippen molar-refractivity contribution in [2.45, 2.75) is 32.0 Å². The summed E-state index contributed by atoms with van der Waals surface area (Å²) in [5.41, 5.74) is -0.415. The third kappa shape index (κ3) is 4.46. The van der Waals surface area contributed by atoms with Crippen molar-refractivity contribution in [2.75, 3.05) is 19.6 Å². The monoisotopic (exact) mass is 300 g/mol. The summed E-state index contributed by atoms with van der Waals surface area (Å²) >= 11 is 0. The van der Waals surface area contributed by atoms with E-state index < -0.39 is 11.7 Å².